The minimum absolute atomic E-state index is 0.0311. The molecule has 0 spiro atoms. The van der Waals surface area contributed by atoms with Gasteiger partial charge < -0.3 is 10.4 Å². The first-order valence-electron chi connectivity index (χ1n) is 9.78. The van der Waals surface area contributed by atoms with E-state index in [-0.39, 0.29) is 36.0 Å². The zero-order chi connectivity index (χ0) is 25.5. The predicted molar refractivity (Wildman–Crippen MR) is 128 cm³/mol. The minimum atomic E-state index is -4.21. The molecule has 0 saturated heterocycles. The van der Waals surface area contributed by atoms with Gasteiger partial charge in [-0.25, -0.2) is 5.01 Å². The molecule has 0 saturated carbocycles. The lowest BCUT2D eigenvalue weighted by molar-refractivity contribution is -0.137. The lowest BCUT2D eigenvalue weighted by Gasteiger charge is -2.11. The molecule has 1 aliphatic heterocycles. The SMILES string of the molecule is CC1=NN(c2ccc(S(=O)(=O)O)cc2)C(=O)C1.O=C(O)CCCC(=O)Nc1cc(Cl)ccc1Cl. The van der Waals surface area contributed by atoms with Gasteiger partial charge in [-0.2, -0.15) is 13.5 Å². The van der Waals surface area contributed by atoms with Crippen molar-refractivity contribution in [2.24, 2.45) is 5.10 Å². The number of carboxylic acids is 1. The van der Waals surface area contributed by atoms with Gasteiger partial charge in [-0.05, 0) is 55.8 Å². The van der Waals surface area contributed by atoms with E-state index in [2.05, 4.69) is 10.4 Å². The molecule has 2 aromatic carbocycles. The Hall–Kier alpha value is -2.99. The highest BCUT2D eigenvalue weighted by atomic mass is 35.5. The van der Waals surface area contributed by atoms with Crippen LogP contribution in [-0.4, -0.2) is 41.6 Å². The van der Waals surface area contributed by atoms with Gasteiger partial charge in [-0.3, -0.25) is 18.9 Å². The van der Waals surface area contributed by atoms with Crippen molar-refractivity contribution in [3.8, 4) is 0 Å². The van der Waals surface area contributed by atoms with Crippen LogP contribution in [0.5, 0.6) is 0 Å². The minimum Gasteiger partial charge on any atom is -0.481 e. The zero-order valence-corrected chi connectivity index (χ0v) is 20.2. The molecular weight excluding hydrogens is 509 g/mol. The average molecular weight is 530 g/mol. The maximum absolute atomic E-state index is 11.5. The Morgan fingerprint density at radius 3 is 2.29 bits per heavy atom. The maximum atomic E-state index is 11.5. The van der Waals surface area contributed by atoms with Crippen molar-refractivity contribution >= 4 is 68.2 Å². The van der Waals surface area contributed by atoms with Gasteiger partial charge >= 0.3 is 5.97 Å². The van der Waals surface area contributed by atoms with Crippen LogP contribution in [0.1, 0.15) is 32.6 Å². The van der Waals surface area contributed by atoms with E-state index in [0.29, 0.717) is 33.6 Å². The van der Waals surface area contributed by atoms with Gasteiger partial charge in [0.2, 0.25) is 5.91 Å². The largest absolute Gasteiger partial charge is 0.481 e. The summed E-state index contributed by atoms with van der Waals surface area (Å²) in [5, 5.41) is 17.1. The van der Waals surface area contributed by atoms with Crippen LogP contribution >= 0.6 is 23.2 Å². The second-order valence-corrected chi connectivity index (χ2v) is 9.37. The van der Waals surface area contributed by atoms with E-state index in [0.717, 1.165) is 0 Å². The van der Waals surface area contributed by atoms with Crippen LogP contribution in [0, 0.1) is 0 Å². The molecule has 13 heteroatoms. The van der Waals surface area contributed by atoms with E-state index >= 15 is 0 Å². The van der Waals surface area contributed by atoms with Crippen molar-refractivity contribution in [2.75, 3.05) is 10.3 Å². The second kappa shape index (κ2) is 11.9. The standard InChI is InChI=1S/C11H11Cl2NO3.C10H10N2O4S/c12-7-4-5-8(13)9(6-7)14-10(15)2-1-3-11(16)17;1-7-6-10(13)12(11-7)8-2-4-9(5-3-8)17(14,15)16/h4-6H,1-3H2,(H,14,15)(H,16,17);2-5H,6H2,1H3,(H,14,15,16). The van der Waals surface area contributed by atoms with Crippen LogP contribution < -0.4 is 10.3 Å². The second-order valence-electron chi connectivity index (χ2n) is 7.11. The molecule has 1 heterocycles. The number of nitrogens with zero attached hydrogens (tertiary/aromatic N) is 2. The molecule has 0 aromatic heterocycles. The topological polar surface area (TPSA) is 153 Å². The van der Waals surface area contributed by atoms with Gasteiger partial charge in [-0.1, -0.05) is 23.2 Å². The summed E-state index contributed by atoms with van der Waals surface area (Å²) < 4.78 is 30.5. The lowest BCUT2D eigenvalue weighted by Crippen LogP contribution is -2.19. The molecule has 0 bridgehead atoms. The summed E-state index contributed by atoms with van der Waals surface area (Å²) in [5.74, 6) is -1.36. The molecule has 1 aliphatic rings. The van der Waals surface area contributed by atoms with Crippen molar-refractivity contribution in [1.29, 1.82) is 0 Å². The highest BCUT2D eigenvalue weighted by molar-refractivity contribution is 7.85. The molecular formula is C21H21Cl2N3O7S. The number of anilines is 2. The molecule has 0 atom stereocenters. The number of hydrogen-bond donors (Lipinski definition) is 3. The first kappa shape index (κ1) is 27.3. The van der Waals surface area contributed by atoms with E-state index in [4.69, 9.17) is 32.9 Å². The van der Waals surface area contributed by atoms with Crippen LogP contribution in [0.4, 0.5) is 11.4 Å². The highest BCUT2D eigenvalue weighted by Crippen LogP contribution is 2.25. The quantitative estimate of drug-likeness (QED) is 0.453. The Labute approximate surface area is 205 Å². The Kier molecular flexibility index (Phi) is 9.56. The van der Waals surface area contributed by atoms with Gasteiger partial charge in [0.15, 0.2) is 0 Å². The van der Waals surface area contributed by atoms with Crippen LogP contribution in [0.2, 0.25) is 10.0 Å². The molecule has 0 unspecified atom stereocenters. The van der Waals surface area contributed by atoms with Crippen molar-refractivity contribution in [1.82, 2.24) is 0 Å². The number of carboxylic acid groups (broad SMARTS) is 1. The summed E-state index contributed by atoms with van der Waals surface area (Å²) in [6, 6.07) is 10.0. The summed E-state index contributed by atoms with van der Waals surface area (Å²) >= 11 is 11.6. The third-order valence-electron chi connectivity index (χ3n) is 4.29. The van der Waals surface area contributed by atoms with E-state index in [9.17, 15) is 22.8 Å². The van der Waals surface area contributed by atoms with Crippen LogP contribution in [-0.2, 0) is 24.5 Å². The molecule has 0 fully saturated rings. The van der Waals surface area contributed by atoms with E-state index in [1.165, 1.54) is 29.3 Å². The number of nitrogens with one attached hydrogen (secondary N) is 1. The first-order valence-corrected chi connectivity index (χ1v) is 12.0. The lowest BCUT2D eigenvalue weighted by atomic mass is 10.2. The molecule has 0 radical (unpaired) electrons. The van der Waals surface area contributed by atoms with E-state index in [1.54, 1.807) is 25.1 Å². The number of halogens is 2. The molecule has 2 amide bonds. The average Bonchev–Trinajstić information content (AvgIpc) is 3.08. The Balaban J connectivity index is 0.000000240. The Bertz CT molecular complexity index is 1220. The number of hydrogen-bond acceptors (Lipinski definition) is 6. The molecule has 10 nitrogen and oxygen atoms in total. The van der Waals surface area contributed by atoms with Crippen LogP contribution in [0.3, 0.4) is 0 Å². The summed E-state index contributed by atoms with van der Waals surface area (Å²) in [5.41, 5.74) is 1.60. The van der Waals surface area contributed by atoms with Crippen molar-refractivity contribution < 1.29 is 32.5 Å². The molecule has 182 valence electrons. The third kappa shape index (κ3) is 8.41. The smallest absolute Gasteiger partial charge is 0.303 e. The predicted octanol–water partition coefficient (Wildman–Crippen LogP) is 4.23. The normalized spacial score (nSPS) is 13.1. The number of aliphatic carboxylic acids is 1. The monoisotopic (exact) mass is 529 g/mol. The third-order valence-corrected chi connectivity index (χ3v) is 5.72. The fraction of sp³-hybridized carbons (Fsp3) is 0.238. The number of carbonyl (C=O) groups excluding carboxylic acids is 2. The van der Waals surface area contributed by atoms with Gasteiger partial charge in [0.05, 0.1) is 27.7 Å². The van der Waals surface area contributed by atoms with Crippen molar-refractivity contribution in [3.05, 3.63) is 52.5 Å². The number of benzene rings is 2. The summed E-state index contributed by atoms with van der Waals surface area (Å²) in [7, 11) is -4.21. The van der Waals surface area contributed by atoms with Gasteiger partial charge in [0.25, 0.3) is 16.0 Å². The van der Waals surface area contributed by atoms with Gasteiger partial charge in [0, 0.05) is 23.6 Å². The number of hydrazone groups is 1. The first-order chi connectivity index (χ1) is 15.9. The van der Waals surface area contributed by atoms with Gasteiger partial charge in [-0.15, -0.1) is 0 Å². The van der Waals surface area contributed by atoms with E-state index in [1.807, 2.05) is 0 Å². The van der Waals surface area contributed by atoms with Crippen molar-refractivity contribution in [3.63, 3.8) is 0 Å². The van der Waals surface area contributed by atoms with E-state index < -0.39 is 16.1 Å². The number of rotatable bonds is 7. The summed E-state index contributed by atoms with van der Waals surface area (Å²) in [6.07, 6.45) is 0.658. The molecule has 3 rings (SSSR count). The van der Waals surface area contributed by atoms with Crippen LogP contribution in [0.15, 0.2) is 52.5 Å². The fourth-order valence-electron chi connectivity index (χ4n) is 2.72. The zero-order valence-electron chi connectivity index (χ0n) is 17.9. The number of amides is 2. The Morgan fingerprint density at radius 2 is 1.76 bits per heavy atom. The molecule has 34 heavy (non-hydrogen) atoms. The van der Waals surface area contributed by atoms with Crippen LogP contribution in [0.25, 0.3) is 0 Å². The number of carbonyl (C=O) groups is 3. The van der Waals surface area contributed by atoms with Gasteiger partial charge in [0.1, 0.15) is 0 Å². The summed E-state index contributed by atoms with van der Waals surface area (Å²) in [4.78, 5) is 33.0. The Morgan fingerprint density at radius 1 is 1.12 bits per heavy atom. The molecule has 3 N–H and O–H groups in total. The van der Waals surface area contributed by atoms with Crippen molar-refractivity contribution in [2.45, 2.75) is 37.5 Å². The fourth-order valence-corrected chi connectivity index (χ4v) is 3.54. The highest BCUT2D eigenvalue weighted by Gasteiger charge is 2.23. The molecule has 2 aromatic rings. The maximum Gasteiger partial charge on any atom is 0.303 e. The summed E-state index contributed by atoms with van der Waals surface area (Å²) in [6.45, 7) is 1.74. The molecule has 0 aliphatic carbocycles.